The van der Waals surface area contributed by atoms with Crippen LogP contribution in [0.1, 0.15) is 29.4 Å². The van der Waals surface area contributed by atoms with Crippen molar-refractivity contribution in [1.82, 2.24) is 19.7 Å². The van der Waals surface area contributed by atoms with Crippen molar-refractivity contribution in [2.24, 2.45) is 0 Å². The lowest BCUT2D eigenvalue weighted by Gasteiger charge is -2.12. The highest BCUT2D eigenvalue weighted by molar-refractivity contribution is 7.99. The highest BCUT2D eigenvalue weighted by Gasteiger charge is 2.21. The van der Waals surface area contributed by atoms with Crippen LogP contribution in [-0.4, -0.2) is 19.7 Å². The Morgan fingerprint density at radius 3 is 2.59 bits per heavy atom. The number of furan rings is 1. The molecule has 0 spiro atoms. The van der Waals surface area contributed by atoms with Crippen molar-refractivity contribution in [2.45, 2.75) is 30.8 Å². The van der Waals surface area contributed by atoms with Crippen molar-refractivity contribution < 1.29 is 8.83 Å². The molecule has 0 fully saturated rings. The summed E-state index contributed by atoms with van der Waals surface area (Å²) >= 11 is 1.59. The lowest BCUT2D eigenvalue weighted by molar-refractivity contribution is 0.484. The maximum Gasteiger partial charge on any atom is 0.247 e. The van der Waals surface area contributed by atoms with Gasteiger partial charge in [-0.25, -0.2) is 4.98 Å². The Morgan fingerprint density at radius 2 is 1.81 bits per heavy atom. The molecule has 160 valence electrons. The standard InChI is InChI=1S/C25H22N4O2S/c1-17-8-6-11-20(14-17)24-28-27-23(31-24)18(2)32-25-26-15-22(19-9-4-3-5-10-19)29(25)16-21-12-7-13-30-21/h3-15,18H,16H2,1-2H3/t18-/m1/s1. The van der Waals surface area contributed by atoms with Crippen molar-refractivity contribution in [3.8, 4) is 22.7 Å². The molecule has 5 rings (SSSR count). The molecular weight excluding hydrogens is 420 g/mol. The van der Waals surface area contributed by atoms with Crippen molar-refractivity contribution in [3.05, 3.63) is 96.4 Å². The van der Waals surface area contributed by atoms with Crippen LogP contribution >= 0.6 is 11.8 Å². The van der Waals surface area contributed by atoms with Gasteiger partial charge in [-0.15, -0.1) is 10.2 Å². The van der Waals surface area contributed by atoms with Gasteiger partial charge < -0.3 is 13.4 Å². The van der Waals surface area contributed by atoms with E-state index in [2.05, 4.69) is 26.9 Å². The number of rotatable bonds is 7. The van der Waals surface area contributed by atoms with E-state index in [9.17, 15) is 0 Å². The summed E-state index contributed by atoms with van der Waals surface area (Å²) < 4.78 is 13.8. The summed E-state index contributed by atoms with van der Waals surface area (Å²) in [6.45, 7) is 4.68. The molecule has 0 N–H and O–H groups in total. The fraction of sp³-hybridized carbons (Fsp3) is 0.160. The van der Waals surface area contributed by atoms with Gasteiger partial charge in [0.05, 0.1) is 29.9 Å². The van der Waals surface area contributed by atoms with Gasteiger partial charge in [0.25, 0.3) is 0 Å². The molecule has 2 aromatic carbocycles. The van der Waals surface area contributed by atoms with Crippen LogP contribution < -0.4 is 0 Å². The molecule has 0 aliphatic rings. The van der Waals surface area contributed by atoms with Crippen molar-refractivity contribution in [3.63, 3.8) is 0 Å². The minimum Gasteiger partial charge on any atom is -0.467 e. The van der Waals surface area contributed by atoms with E-state index in [-0.39, 0.29) is 5.25 Å². The molecule has 0 aliphatic heterocycles. The van der Waals surface area contributed by atoms with Crippen LogP contribution in [0.3, 0.4) is 0 Å². The largest absolute Gasteiger partial charge is 0.467 e. The van der Waals surface area contributed by atoms with E-state index in [0.717, 1.165) is 33.3 Å². The number of aryl methyl sites for hydroxylation is 1. The molecule has 0 unspecified atom stereocenters. The molecule has 6 nitrogen and oxygen atoms in total. The molecule has 7 heteroatoms. The van der Waals surface area contributed by atoms with E-state index in [4.69, 9.17) is 13.8 Å². The Hall–Kier alpha value is -3.58. The Kier molecular flexibility index (Phi) is 5.64. The van der Waals surface area contributed by atoms with Crippen molar-refractivity contribution >= 4 is 11.8 Å². The molecule has 1 atom stereocenters. The van der Waals surface area contributed by atoms with Gasteiger partial charge in [-0.3, -0.25) is 0 Å². The first-order valence-corrected chi connectivity index (χ1v) is 11.3. The third kappa shape index (κ3) is 4.24. The first-order chi connectivity index (χ1) is 15.7. The lowest BCUT2D eigenvalue weighted by Crippen LogP contribution is -2.04. The van der Waals surface area contributed by atoms with Crippen LogP contribution in [0, 0.1) is 6.92 Å². The highest BCUT2D eigenvalue weighted by atomic mass is 32.2. The molecular formula is C25H22N4O2S. The molecule has 0 amide bonds. The molecule has 3 aromatic heterocycles. The molecule has 0 saturated heterocycles. The molecule has 0 aliphatic carbocycles. The molecule has 0 radical (unpaired) electrons. The number of hydrogen-bond donors (Lipinski definition) is 0. The third-order valence-electron chi connectivity index (χ3n) is 5.12. The Bertz CT molecular complexity index is 1310. The van der Waals surface area contributed by atoms with Crippen LogP contribution in [0.15, 0.2) is 93.2 Å². The van der Waals surface area contributed by atoms with Gasteiger partial charge in [-0.05, 0) is 43.7 Å². The van der Waals surface area contributed by atoms with Gasteiger partial charge >= 0.3 is 0 Å². The third-order valence-corrected chi connectivity index (χ3v) is 6.21. The van der Waals surface area contributed by atoms with E-state index in [1.807, 2.05) is 74.6 Å². The Labute approximate surface area is 190 Å². The average molecular weight is 443 g/mol. The quantitative estimate of drug-likeness (QED) is 0.272. The Balaban J connectivity index is 1.43. The van der Waals surface area contributed by atoms with E-state index >= 15 is 0 Å². The van der Waals surface area contributed by atoms with Crippen LogP contribution in [0.5, 0.6) is 0 Å². The number of thioether (sulfide) groups is 1. The van der Waals surface area contributed by atoms with Gasteiger partial charge in [0.1, 0.15) is 5.76 Å². The fourth-order valence-corrected chi connectivity index (χ4v) is 4.42. The summed E-state index contributed by atoms with van der Waals surface area (Å²) in [5.41, 5.74) is 4.21. The average Bonchev–Trinajstić information content (AvgIpc) is 3.57. The van der Waals surface area contributed by atoms with Crippen LogP contribution in [0.2, 0.25) is 0 Å². The zero-order valence-electron chi connectivity index (χ0n) is 17.8. The van der Waals surface area contributed by atoms with E-state index < -0.39 is 0 Å². The molecule has 0 bridgehead atoms. The van der Waals surface area contributed by atoms with Gasteiger partial charge in [-0.1, -0.05) is 59.8 Å². The van der Waals surface area contributed by atoms with E-state index in [1.54, 1.807) is 18.0 Å². The summed E-state index contributed by atoms with van der Waals surface area (Å²) in [6, 6.07) is 22.1. The summed E-state index contributed by atoms with van der Waals surface area (Å²) in [5, 5.41) is 9.35. The van der Waals surface area contributed by atoms with Crippen LogP contribution in [0.4, 0.5) is 0 Å². The number of nitrogens with zero attached hydrogens (tertiary/aromatic N) is 4. The Morgan fingerprint density at radius 1 is 0.969 bits per heavy atom. The summed E-state index contributed by atoms with van der Waals surface area (Å²) in [5.74, 6) is 1.97. The minimum atomic E-state index is -0.0672. The first kappa shape index (κ1) is 20.3. The number of hydrogen-bond acceptors (Lipinski definition) is 6. The zero-order chi connectivity index (χ0) is 21.9. The van der Waals surface area contributed by atoms with Gasteiger partial charge in [0, 0.05) is 5.56 Å². The van der Waals surface area contributed by atoms with Crippen LogP contribution in [-0.2, 0) is 6.54 Å². The molecule has 0 saturated carbocycles. The monoisotopic (exact) mass is 442 g/mol. The summed E-state index contributed by atoms with van der Waals surface area (Å²) in [6.07, 6.45) is 3.59. The summed E-state index contributed by atoms with van der Waals surface area (Å²) in [4.78, 5) is 4.71. The maximum atomic E-state index is 6.00. The van der Waals surface area contributed by atoms with Gasteiger partial charge in [0.2, 0.25) is 11.8 Å². The topological polar surface area (TPSA) is 69.9 Å². The van der Waals surface area contributed by atoms with Crippen molar-refractivity contribution in [2.75, 3.05) is 0 Å². The SMILES string of the molecule is Cc1cccc(-c2nnc([C@@H](C)Sc3ncc(-c4ccccc4)n3Cc3ccco3)o2)c1. The summed E-state index contributed by atoms with van der Waals surface area (Å²) in [7, 11) is 0. The second-order valence-corrected chi connectivity index (χ2v) is 8.84. The fourth-order valence-electron chi connectivity index (χ4n) is 3.51. The predicted octanol–water partition coefficient (Wildman–Crippen LogP) is 6.40. The van der Waals surface area contributed by atoms with Gasteiger partial charge in [0.15, 0.2) is 5.16 Å². The predicted molar refractivity (Wildman–Crippen MR) is 124 cm³/mol. The molecule has 3 heterocycles. The highest BCUT2D eigenvalue weighted by Crippen LogP contribution is 2.37. The molecule has 5 aromatic rings. The second-order valence-electron chi connectivity index (χ2n) is 7.53. The number of benzene rings is 2. The van der Waals surface area contributed by atoms with E-state index in [1.165, 1.54) is 0 Å². The number of aromatic nitrogens is 4. The smallest absolute Gasteiger partial charge is 0.247 e. The van der Waals surface area contributed by atoms with Crippen molar-refractivity contribution in [1.29, 1.82) is 0 Å². The number of imidazole rings is 1. The minimum absolute atomic E-state index is 0.0672. The second kappa shape index (κ2) is 8.88. The van der Waals surface area contributed by atoms with Gasteiger partial charge in [-0.2, -0.15) is 0 Å². The van der Waals surface area contributed by atoms with E-state index in [0.29, 0.717) is 18.3 Å². The lowest BCUT2D eigenvalue weighted by atomic mass is 10.1. The zero-order valence-corrected chi connectivity index (χ0v) is 18.6. The maximum absolute atomic E-state index is 6.00. The first-order valence-electron chi connectivity index (χ1n) is 10.4. The van der Waals surface area contributed by atoms with Crippen LogP contribution in [0.25, 0.3) is 22.7 Å². The normalized spacial score (nSPS) is 12.2. The molecule has 32 heavy (non-hydrogen) atoms.